The smallest absolute Gasteiger partial charge is 0.226 e. The van der Waals surface area contributed by atoms with Crippen molar-refractivity contribution in [1.82, 2.24) is 19.8 Å². The van der Waals surface area contributed by atoms with E-state index in [1.165, 1.54) is 28.2 Å². The van der Waals surface area contributed by atoms with Gasteiger partial charge in [0.25, 0.3) is 0 Å². The van der Waals surface area contributed by atoms with Gasteiger partial charge in [0.05, 0.1) is 17.8 Å². The summed E-state index contributed by atoms with van der Waals surface area (Å²) in [7, 11) is 0. The fourth-order valence-electron chi connectivity index (χ4n) is 5.86. The molecule has 0 spiro atoms. The summed E-state index contributed by atoms with van der Waals surface area (Å²) in [4.78, 5) is 20.0. The number of pyridine rings is 1. The second kappa shape index (κ2) is 12.0. The van der Waals surface area contributed by atoms with Crippen LogP contribution in [0.3, 0.4) is 0 Å². The summed E-state index contributed by atoms with van der Waals surface area (Å²) >= 11 is 5.88. The van der Waals surface area contributed by atoms with Gasteiger partial charge in [-0.25, -0.2) is 0 Å². The molecule has 3 heterocycles. The second-order valence-electron chi connectivity index (χ2n) is 10.3. The number of carbonyl (C=O) groups is 1. The molecule has 2 atom stereocenters. The molecule has 1 aliphatic heterocycles. The van der Waals surface area contributed by atoms with Gasteiger partial charge >= 0.3 is 0 Å². The van der Waals surface area contributed by atoms with Crippen LogP contribution in [0.1, 0.15) is 66.1 Å². The summed E-state index contributed by atoms with van der Waals surface area (Å²) in [6.45, 7) is 9.11. The third kappa shape index (κ3) is 5.39. The minimum absolute atomic E-state index is 0.0221. The standard InChI is InChI=1S/C33H37N5OS/c1-5-24-13-7-9-15-27(24)35-30(39)18-20-37-32(31(36-33(37)40)28-16-11-12-19-34-28)26-21-22(3)38(23(26)4)29-17-10-8-14-25(29)6-2/h7-17,19,21,31-32H,5-6,18,20H2,1-4H3,(H,35,39)(H,36,40)/t31-,32+/m1/s1. The van der Waals surface area contributed by atoms with Crippen molar-refractivity contribution < 1.29 is 4.79 Å². The maximum absolute atomic E-state index is 13.1. The highest BCUT2D eigenvalue weighted by Gasteiger charge is 2.41. The molecule has 6 nitrogen and oxygen atoms in total. The molecule has 1 fully saturated rings. The Morgan fingerprint density at radius 1 is 0.975 bits per heavy atom. The van der Waals surface area contributed by atoms with Gasteiger partial charge in [0, 0.05) is 41.9 Å². The Labute approximate surface area is 242 Å². The van der Waals surface area contributed by atoms with E-state index in [1.54, 1.807) is 0 Å². The van der Waals surface area contributed by atoms with Crippen molar-refractivity contribution in [2.75, 3.05) is 11.9 Å². The molecule has 1 amide bonds. The van der Waals surface area contributed by atoms with Gasteiger partial charge in [0.1, 0.15) is 0 Å². The fraction of sp³-hybridized carbons (Fsp3) is 0.303. The van der Waals surface area contributed by atoms with E-state index in [4.69, 9.17) is 12.2 Å². The van der Waals surface area contributed by atoms with E-state index in [1.807, 2.05) is 42.6 Å². The Bertz CT molecular complexity index is 1510. The zero-order valence-electron chi connectivity index (χ0n) is 23.6. The molecule has 2 aromatic heterocycles. The number of carbonyl (C=O) groups excluding carboxylic acids is 1. The van der Waals surface area contributed by atoms with E-state index >= 15 is 0 Å². The number of hydrogen-bond donors (Lipinski definition) is 2. The topological polar surface area (TPSA) is 62.2 Å². The Kier molecular flexibility index (Phi) is 8.31. The molecule has 1 saturated heterocycles. The highest BCUT2D eigenvalue weighted by Crippen LogP contribution is 2.41. The van der Waals surface area contributed by atoms with Crippen molar-refractivity contribution in [2.24, 2.45) is 0 Å². The summed E-state index contributed by atoms with van der Waals surface area (Å²) in [6, 6.07) is 24.5. The van der Waals surface area contributed by atoms with Crippen molar-refractivity contribution in [3.63, 3.8) is 0 Å². The van der Waals surface area contributed by atoms with Gasteiger partial charge < -0.3 is 20.1 Å². The molecule has 0 radical (unpaired) electrons. The maximum Gasteiger partial charge on any atom is 0.226 e. The lowest BCUT2D eigenvalue weighted by Gasteiger charge is -2.28. The van der Waals surface area contributed by atoms with Gasteiger partial charge in [-0.1, -0.05) is 56.3 Å². The Morgan fingerprint density at radius 3 is 2.40 bits per heavy atom. The predicted octanol–water partition coefficient (Wildman–Crippen LogP) is 6.62. The van der Waals surface area contributed by atoms with Gasteiger partial charge in [-0.15, -0.1) is 0 Å². The van der Waals surface area contributed by atoms with Gasteiger partial charge in [-0.3, -0.25) is 9.78 Å². The molecule has 0 aliphatic carbocycles. The molecule has 5 rings (SSSR count). The maximum atomic E-state index is 13.1. The molecule has 40 heavy (non-hydrogen) atoms. The van der Waals surface area contributed by atoms with Crippen molar-refractivity contribution >= 4 is 28.9 Å². The third-order valence-electron chi connectivity index (χ3n) is 7.85. The van der Waals surface area contributed by atoms with Crippen LogP contribution in [0, 0.1) is 13.8 Å². The van der Waals surface area contributed by atoms with Crippen LogP contribution in [-0.2, 0) is 17.6 Å². The van der Waals surface area contributed by atoms with Crippen LogP contribution < -0.4 is 10.6 Å². The van der Waals surface area contributed by atoms with Crippen LogP contribution in [0.2, 0.25) is 0 Å². The van der Waals surface area contributed by atoms with Gasteiger partial charge in [0.2, 0.25) is 5.91 Å². The molecule has 0 saturated carbocycles. The fourth-order valence-corrected chi connectivity index (χ4v) is 6.19. The number of rotatable bonds is 9. The summed E-state index contributed by atoms with van der Waals surface area (Å²) < 4.78 is 2.34. The first kappa shape index (κ1) is 27.6. The Morgan fingerprint density at radius 2 is 1.68 bits per heavy atom. The van der Waals surface area contributed by atoms with Crippen molar-refractivity contribution in [1.29, 1.82) is 0 Å². The number of nitrogens with one attached hydrogen (secondary N) is 2. The molecule has 2 aromatic carbocycles. The number of thiocarbonyl (C=S) groups is 1. The summed E-state index contributed by atoms with van der Waals surface area (Å²) in [6.07, 6.45) is 3.96. The van der Waals surface area contributed by atoms with Gasteiger partial charge in [-0.05, 0) is 85.9 Å². The van der Waals surface area contributed by atoms with E-state index in [9.17, 15) is 4.79 Å². The van der Waals surface area contributed by atoms with E-state index in [-0.39, 0.29) is 18.0 Å². The van der Waals surface area contributed by atoms with Gasteiger partial charge in [-0.2, -0.15) is 0 Å². The molecular formula is C33H37N5OS. The predicted molar refractivity (Wildman–Crippen MR) is 166 cm³/mol. The van der Waals surface area contributed by atoms with Crippen molar-refractivity contribution in [3.8, 4) is 5.69 Å². The first-order valence-electron chi connectivity index (χ1n) is 14.1. The molecule has 0 bridgehead atoms. The minimum Gasteiger partial charge on any atom is -0.352 e. The van der Waals surface area contributed by atoms with Crippen LogP contribution in [-0.4, -0.2) is 32.0 Å². The molecular weight excluding hydrogens is 514 g/mol. The first-order valence-corrected chi connectivity index (χ1v) is 14.5. The monoisotopic (exact) mass is 551 g/mol. The normalized spacial score (nSPS) is 16.7. The number of anilines is 1. The number of para-hydroxylation sites is 2. The lowest BCUT2D eigenvalue weighted by molar-refractivity contribution is -0.116. The summed E-state index contributed by atoms with van der Waals surface area (Å²) in [5.41, 5.74) is 8.95. The molecule has 0 unspecified atom stereocenters. The molecule has 1 aliphatic rings. The van der Waals surface area contributed by atoms with Crippen LogP contribution in [0.25, 0.3) is 5.69 Å². The summed E-state index contributed by atoms with van der Waals surface area (Å²) in [5.74, 6) is -0.0221. The zero-order valence-corrected chi connectivity index (χ0v) is 24.5. The number of nitrogens with zero attached hydrogens (tertiary/aromatic N) is 3. The minimum atomic E-state index is -0.132. The third-order valence-corrected chi connectivity index (χ3v) is 8.20. The number of amides is 1. The molecule has 2 N–H and O–H groups in total. The Balaban J connectivity index is 1.48. The van der Waals surface area contributed by atoms with Gasteiger partial charge in [0.15, 0.2) is 5.11 Å². The van der Waals surface area contributed by atoms with E-state index in [2.05, 4.69) is 89.2 Å². The quantitative estimate of drug-likeness (QED) is 0.229. The van der Waals surface area contributed by atoms with Crippen LogP contribution in [0.5, 0.6) is 0 Å². The number of aromatic nitrogens is 2. The average molecular weight is 552 g/mol. The number of aryl methyl sites for hydroxylation is 3. The van der Waals surface area contributed by atoms with E-state index in [0.717, 1.165) is 29.8 Å². The Hall–Kier alpha value is -3.97. The molecule has 206 valence electrons. The second-order valence-corrected chi connectivity index (χ2v) is 10.7. The van der Waals surface area contributed by atoms with Crippen LogP contribution in [0.4, 0.5) is 5.69 Å². The first-order chi connectivity index (χ1) is 19.4. The SMILES string of the molecule is CCc1ccccc1NC(=O)CCN1C(=S)N[C@H](c2ccccn2)[C@@H]1c1cc(C)n(-c2ccccc2CC)c1C. The molecule has 7 heteroatoms. The largest absolute Gasteiger partial charge is 0.352 e. The van der Waals surface area contributed by atoms with Crippen LogP contribution >= 0.6 is 12.2 Å². The number of benzene rings is 2. The number of hydrogen-bond acceptors (Lipinski definition) is 3. The molecule has 4 aromatic rings. The summed E-state index contributed by atoms with van der Waals surface area (Å²) in [5, 5.41) is 7.28. The van der Waals surface area contributed by atoms with Crippen molar-refractivity contribution in [3.05, 3.63) is 113 Å². The average Bonchev–Trinajstić information content (AvgIpc) is 3.46. The lowest BCUT2D eigenvalue weighted by atomic mass is 9.96. The van der Waals surface area contributed by atoms with Crippen LogP contribution in [0.15, 0.2) is 79.0 Å². The van der Waals surface area contributed by atoms with E-state index < -0.39 is 0 Å². The zero-order chi connectivity index (χ0) is 28.2. The highest BCUT2D eigenvalue weighted by atomic mass is 32.1. The van der Waals surface area contributed by atoms with Crippen molar-refractivity contribution in [2.45, 2.75) is 59.0 Å². The highest BCUT2D eigenvalue weighted by molar-refractivity contribution is 7.80. The van der Waals surface area contributed by atoms with E-state index in [0.29, 0.717) is 18.1 Å². The lowest BCUT2D eigenvalue weighted by Crippen LogP contribution is -2.33.